The Morgan fingerprint density at radius 3 is 2.73 bits per heavy atom. The average Bonchev–Trinajstić information content (AvgIpc) is 2.90. The quantitative estimate of drug-likeness (QED) is 0.883. The van der Waals surface area contributed by atoms with Gasteiger partial charge < -0.3 is 9.72 Å². The molecule has 1 aliphatic heterocycles. The highest BCUT2D eigenvalue weighted by atomic mass is 16.5. The van der Waals surface area contributed by atoms with Gasteiger partial charge in [0, 0.05) is 35.8 Å². The lowest BCUT2D eigenvalue weighted by Crippen LogP contribution is -2.47. The van der Waals surface area contributed by atoms with Crippen molar-refractivity contribution in [1.82, 2.24) is 9.88 Å². The number of rotatable bonds is 4. The van der Waals surface area contributed by atoms with Gasteiger partial charge >= 0.3 is 0 Å². The number of nitrogens with one attached hydrogen (secondary N) is 1. The van der Waals surface area contributed by atoms with Gasteiger partial charge in [-0.3, -0.25) is 9.69 Å². The van der Waals surface area contributed by atoms with Crippen LogP contribution < -0.4 is 0 Å². The summed E-state index contributed by atoms with van der Waals surface area (Å²) in [5.74, 6) is 0.181. The molecule has 2 heterocycles. The number of benzene rings is 1. The summed E-state index contributed by atoms with van der Waals surface area (Å²) in [5.41, 5.74) is 3.15. The van der Waals surface area contributed by atoms with Gasteiger partial charge in [-0.2, -0.15) is 0 Å². The van der Waals surface area contributed by atoms with Crippen LogP contribution in [-0.2, 0) is 11.2 Å². The molecule has 0 unspecified atom stereocenters. The van der Waals surface area contributed by atoms with Crippen LogP contribution in [0.3, 0.4) is 0 Å². The molecule has 0 aliphatic carbocycles. The largest absolute Gasteiger partial charge is 0.373 e. The zero-order chi connectivity index (χ0) is 15.7. The fourth-order valence-electron chi connectivity index (χ4n) is 3.44. The molecule has 2 atom stereocenters. The van der Waals surface area contributed by atoms with E-state index in [9.17, 15) is 4.79 Å². The Morgan fingerprint density at radius 2 is 2.05 bits per heavy atom. The third-order valence-corrected chi connectivity index (χ3v) is 4.35. The molecule has 1 aliphatic rings. The van der Waals surface area contributed by atoms with Gasteiger partial charge in [0.05, 0.1) is 18.8 Å². The summed E-state index contributed by atoms with van der Waals surface area (Å²) >= 11 is 0. The van der Waals surface area contributed by atoms with Gasteiger partial charge in [0.1, 0.15) is 0 Å². The maximum Gasteiger partial charge on any atom is 0.178 e. The second kappa shape index (κ2) is 6.23. The minimum Gasteiger partial charge on any atom is -0.373 e. The molecule has 0 saturated carbocycles. The van der Waals surface area contributed by atoms with Crippen LogP contribution in [0.15, 0.2) is 24.4 Å². The van der Waals surface area contributed by atoms with Gasteiger partial charge in [-0.25, -0.2) is 0 Å². The molecule has 1 aromatic heterocycles. The monoisotopic (exact) mass is 300 g/mol. The number of carbonyl (C=O) groups excluding carboxylic acids is 1. The normalized spacial score (nSPS) is 23.0. The molecule has 1 fully saturated rings. The summed E-state index contributed by atoms with van der Waals surface area (Å²) < 4.78 is 5.73. The van der Waals surface area contributed by atoms with Crippen molar-refractivity contribution in [2.45, 2.75) is 39.4 Å². The summed E-state index contributed by atoms with van der Waals surface area (Å²) in [6.07, 6.45) is 3.20. The molecule has 1 saturated heterocycles. The van der Waals surface area contributed by atoms with E-state index >= 15 is 0 Å². The smallest absolute Gasteiger partial charge is 0.178 e. The second-order valence-corrected chi connectivity index (χ2v) is 6.27. The van der Waals surface area contributed by atoms with E-state index in [1.54, 1.807) is 0 Å². The van der Waals surface area contributed by atoms with Crippen molar-refractivity contribution in [1.29, 1.82) is 0 Å². The zero-order valence-corrected chi connectivity index (χ0v) is 13.6. The number of ketones is 1. The topological polar surface area (TPSA) is 45.3 Å². The van der Waals surface area contributed by atoms with Gasteiger partial charge in [-0.15, -0.1) is 0 Å². The predicted molar refractivity (Wildman–Crippen MR) is 88.5 cm³/mol. The molecule has 0 amide bonds. The fourth-order valence-corrected chi connectivity index (χ4v) is 3.44. The first-order valence-corrected chi connectivity index (χ1v) is 8.08. The van der Waals surface area contributed by atoms with Crippen LogP contribution in [0.25, 0.3) is 10.9 Å². The molecule has 0 bridgehead atoms. The number of fused-ring (bicyclic) bond motifs is 1. The number of aromatic nitrogens is 1. The highest BCUT2D eigenvalue weighted by Crippen LogP contribution is 2.23. The molecule has 3 rings (SSSR count). The number of nitrogens with zero attached hydrogens (tertiary/aromatic N) is 1. The van der Waals surface area contributed by atoms with Crippen molar-refractivity contribution in [3.63, 3.8) is 0 Å². The van der Waals surface area contributed by atoms with Crippen molar-refractivity contribution in [2.24, 2.45) is 0 Å². The molecular weight excluding hydrogens is 276 g/mol. The number of hydrogen-bond donors (Lipinski definition) is 1. The Hall–Kier alpha value is -1.65. The van der Waals surface area contributed by atoms with Crippen LogP contribution in [-0.4, -0.2) is 47.5 Å². The number of aromatic amines is 1. The van der Waals surface area contributed by atoms with E-state index in [-0.39, 0.29) is 18.0 Å². The van der Waals surface area contributed by atoms with Crippen molar-refractivity contribution < 1.29 is 9.53 Å². The fraction of sp³-hybridized carbons (Fsp3) is 0.500. The van der Waals surface area contributed by atoms with Crippen LogP contribution >= 0.6 is 0 Å². The Morgan fingerprint density at radius 1 is 1.32 bits per heavy atom. The third-order valence-electron chi connectivity index (χ3n) is 4.35. The molecule has 0 spiro atoms. The number of H-pyrrole nitrogens is 1. The van der Waals surface area contributed by atoms with E-state index in [1.807, 2.05) is 18.3 Å². The second-order valence-electron chi connectivity index (χ2n) is 6.27. The number of carbonyl (C=O) groups is 1. The maximum atomic E-state index is 12.7. The molecule has 4 heteroatoms. The molecule has 0 radical (unpaired) electrons. The van der Waals surface area contributed by atoms with E-state index in [4.69, 9.17) is 4.74 Å². The lowest BCUT2D eigenvalue weighted by atomic mass is 10.0. The number of hydrogen-bond acceptors (Lipinski definition) is 3. The summed E-state index contributed by atoms with van der Waals surface area (Å²) in [5, 5.41) is 1.04. The lowest BCUT2D eigenvalue weighted by molar-refractivity contribution is -0.0652. The molecule has 118 valence electrons. The SMILES string of the molecule is CCc1cccc2c(C(=O)CN3C[C@@H](C)O[C@@H](C)C3)c[nH]c12. The van der Waals surface area contributed by atoms with Crippen LogP contribution in [0.4, 0.5) is 0 Å². The number of Topliss-reactive ketones (excluding diaryl/α,β-unsaturated/α-hetero) is 1. The first kappa shape index (κ1) is 15.3. The van der Waals surface area contributed by atoms with Crippen molar-refractivity contribution in [3.05, 3.63) is 35.5 Å². The first-order chi connectivity index (χ1) is 10.6. The summed E-state index contributed by atoms with van der Waals surface area (Å²) in [6.45, 7) is 8.35. The summed E-state index contributed by atoms with van der Waals surface area (Å²) in [7, 11) is 0. The number of ether oxygens (including phenoxy) is 1. The van der Waals surface area contributed by atoms with Crippen LogP contribution in [0, 0.1) is 0 Å². The molecule has 1 N–H and O–H groups in total. The van der Waals surface area contributed by atoms with Crippen molar-refractivity contribution >= 4 is 16.7 Å². The summed E-state index contributed by atoms with van der Waals surface area (Å²) in [4.78, 5) is 18.2. The van der Waals surface area contributed by atoms with Gasteiger partial charge in [0.15, 0.2) is 5.78 Å². The number of para-hydroxylation sites is 1. The highest BCUT2D eigenvalue weighted by Gasteiger charge is 2.25. The molecule has 2 aromatic rings. The first-order valence-electron chi connectivity index (χ1n) is 8.08. The van der Waals surface area contributed by atoms with E-state index < -0.39 is 0 Å². The van der Waals surface area contributed by atoms with Crippen LogP contribution in [0.1, 0.15) is 36.7 Å². The molecule has 22 heavy (non-hydrogen) atoms. The van der Waals surface area contributed by atoms with E-state index in [0.29, 0.717) is 6.54 Å². The highest BCUT2D eigenvalue weighted by molar-refractivity contribution is 6.09. The Balaban J connectivity index is 1.81. The standard InChI is InChI=1S/C18H24N2O2/c1-4-14-6-5-7-15-16(8-19-18(14)15)17(21)11-20-9-12(2)22-13(3)10-20/h5-8,12-13,19H,4,9-11H2,1-3H3/t12-,13+. The minimum atomic E-state index is 0.181. The van der Waals surface area contributed by atoms with E-state index in [2.05, 4.69) is 36.7 Å². The maximum absolute atomic E-state index is 12.7. The van der Waals surface area contributed by atoms with Crippen LogP contribution in [0.2, 0.25) is 0 Å². The number of morpholine rings is 1. The van der Waals surface area contributed by atoms with E-state index in [1.165, 1.54) is 5.56 Å². The van der Waals surface area contributed by atoms with Gasteiger partial charge in [-0.05, 0) is 25.8 Å². The Kier molecular flexibility index (Phi) is 4.32. The lowest BCUT2D eigenvalue weighted by Gasteiger charge is -2.34. The predicted octanol–water partition coefficient (Wildman–Crippen LogP) is 3.02. The van der Waals surface area contributed by atoms with Gasteiger partial charge in [0.25, 0.3) is 0 Å². The Labute approximate surface area is 131 Å². The molecular formula is C18H24N2O2. The van der Waals surface area contributed by atoms with Crippen molar-refractivity contribution in [3.8, 4) is 0 Å². The third kappa shape index (κ3) is 2.94. The molecule has 1 aromatic carbocycles. The Bertz CT molecular complexity index is 667. The minimum absolute atomic E-state index is 0.181. The zero-order valence-electron chi connectivity index (χ0n) is 13.6. The molecule has 4 nitrogen and oxygen atoms in total. The van der Waals surface area contributed by atoms with Gasteiger partial charge in [0.2, 0.25) is 0 Å². The number of aryl methyl sites for hydroxylation is 1. The van der Waals surface area contributed by atoms with Crippen LogP contribution in [0.5, 0.6) is 0 Å². The van der Waals surface area contributed by atoms with E-state index in [0.717, 1.165) is 36.0 Å². The van der Waals surface area contributed by atoms with Gasteiger partial charge in [-0.1, -0.05) is 25.1 Å². The summed E-state index contributed by atoms with van der Waals surface area (Å²) in [6, 6.07) is 6.17. The van der Waals surface area contributed by atoms with Crippen molar-refractivity contribution in [2.75, 3.05) is 19.6 Å². The average molecular weight is 300 g/mol.